The molecular weight excluding hydrogens is 328 g/mol. The van der Waals surface area contributed by atoms with Crippen molar-refractivity contribution in [2.75, 3.05) is 5.32 Å². The number of rotatable bonds is 4. The summed E-state index contributed by atoms with van der Waals surface area (Å²) in [6.45, 7) is 1.89. The van der Waals surface area contributed by atoms with Crippen molar-refractivity contribution in [3.63, 3.8) is 0 Å². The SMILES string of the molecule is Cc1cnc(Nc2cnn(C)c2)nc1-c1ccc(S(N)(=O)=O)cc1. The van der Waals surface area contributed by atoms with Gasteiger partial charge in [-0.3, -0.25) is 4.68 Å². The fourth-order valence-corrected chi connectivity index (χ4v) is 2.73. The van der Waals surface area contributed by atoms with Gasteiger partial charge in [0.2, 0.25) is 16.0 Å². The number of nitrogens with zero attached hydrogens (tertiary/aromatic N) is 4. The van der Waals surface area contributed by atoms with Crippen molar-refractivity contribution in [2.45, 2.75) is 11.8 Å². The Labute approximate surface area is 139 Å². The Hall–Kier alpha value is -2.78. The van der Waals surface area contributed by atoms with Gasteiger partial charge in [-0.25, -0.2) is 23.5 Å². The molecule has 124 valence electrons. The van der Waals surface area contributed by atoms with E-state index in [-0.39, 0.29) is 4.90 Å². The molecule has 0 bridgehead atoms. The van der Waals surface area contributed by atoms with Crippen LogP contribution in [0.25, 0.3) is 11.3 Å². The predicted octanol–water partition coefficient (Wildman–Crippen LogP) is 1.58. The Morgan fingerprint density at radius 2 is 1.88 bits per heavy atom. The second-order valence-corrected chi connectivity index (χ2v) is 6.88. The number of aryl methyl sites for hydroxylation is 2. The first-order valence-corrected chi connectivity index (χ1v) is 8.60. The Bertz CT molecular complexity index is 979. The second kappa shape index (κ2) is 6.02. The summed E-state index contributed by atoms with van der Waals surface area (Å²) in [5.41, 5.74) is 3.13. The van der Waals surface area contributed by atoms with Gasteiger partial charge in [-0.1, -0.05) is 12.1 Å². The van der Waals surface area contributed by atoms with Crippen LogP contribution in [0.4, 0.5) is 11.6 Å². The molecule has 1 aromatic carbocycles. The summed E-state index contributed by atoms with van der Waals surface area (Å²) >= 11 is 0. The highest BCUT2D eigenvalue weighted by atomic mass is 32.2. The number of benzene rings is 1. The van der Waals surface area contributed by atoms with Crippen LogP contribution in [-0.2, 0) is 17.1 Å². The highest BCUT2D eigenvalue weighted by Gasteiger charge is 2.11. The van der Waals surface area contributed by atoms with E-state index in [0.717, 1.165) is 16.8 Å². The normalized spacial score (nSPS) is 11.5. The minimum absolute atomic E-state index is 0.0617. The monoisotopic (exact) mass is 344 g/mol. The molecule has 2 heterocycles. The summed E-state index contributed by atoms with van der Waals surface area (Å²) in [5.74, 6) is 0.430. The molecule has 0 amide bonds. The van der Waals surface area contributed by atoms with Crippen LogP contribution in [0.2, 0.25) is 0 Å². The molecule has 0 saturated carbocycles. The van der Waals surface area contributed by atoms with Gasteiger partial charge in [0, 0.05) is 25.0 Å². The zero-order chi connectivity index (χ0) is 17.3. The van der Waals surface area contributed by atoms with E-state index in [4.69, 9.17) is 5.14 Å². The van der Waals surface area contributed by atoms with Crippen LogP contribution in [0.1, 0.15) is 5.56 Å². The first kappa shape index (κ1) is 16.1. The van der Waals surface area contributed by atoms with Gasteiger partial charge in [0.05, 0.1) is 22.5 Å². The van der Waals surface area contributed by atoms with Crippen molar-refractivity contribution < 1.29 is 8.42 Å². The van der Waals surface area contributed by atoms with Gasteiger partial charge < -0.3 is 5.32 Å². The molecule has 2 aromatic heterocycles. The van der Waals surface area contributed by atoms with E-state index in [9.17, 15) is 8.42 Å². The second-order valence-electron chi connectivity index (χ2n) is 5.32. The molecule has 0 fully saturated rings. The molecule has 0 unspecified atom stereocenters. The maximum atomic E-state index is 11.3. The minimum atomic E-state index is -3.71. The van der Waals surface area contributed by atoms with E-state index < -0.39 is 10.0 Å². The number of hydrogen-bond acceptors (Lipinski definition) is 6. The van der Waals surface area contributed by atoms with E-state index in [0.29, 0.717) is 11.6 Å². The van der Waals surface area contributed by atoms with Crippen LogP contribution in [0.15, 0.2) is 47.8 Å². The van der Waals surface area contributed by atoms with Gasteiger partial charge in [0.25, 0.3) is 0 Å². The van der Waals surface area contributed by atoms with Crippen LogP contribution in [-0.4, -0.2) is 28.2 Å². The van der Waals surface area contributed by atoms with E-state index in [1.165, 1.54) is 12.1 Å². The quantitative estimate of drug-likeness (QED) is 0.742. The van der Waals surface area contributed by atoms with E-state index in [1.54, 1.807) is 29.2 Å². The van der Waals surface area contributed by atoms with Gasteiger partial charge in [0.1, 0.15) is 0 Å². The van der Waals surface area contributed by atoms with Gasteiger partial charge in [0.15, 0.2) is 0 Å². The minimum Gasteiger partial charge on any atom is -0.321 e. The fourth-order valence-electron chi connectivity index (χ4n) is 2.21. The first-order chi connectivity index (χ1) is 11.3. The summed E-state index contributed by atoms with van der Waals surface area (Å²) in [4.78, 5) is 8.81. The van der Waals surface area contributed by atoms with Crippen LogP contribution < -0.4 is 10.5 Å². The molecule has 3 N–H and O–H groups in total. The maximum Gasteiger partial charge on any atom is 0.238 e. The van der Waals surface area contributed by atoms with E-state index in [1.807, 2.05) is 20.2 Å². The molecule has 3 aromatic rings. The lowest BCUT2D eigenvalue weighted by atomic mass is 10.1. The van der Waals surface area contributed by atoms with E-state index >= 15 is 0 Å². The number of nitrogens with one attached hydrogen (secondary N) is 1. The van der Waals surface area contributed by atoms with Gasteiger partial charge in [-0.2, -0.15) is 5.10 Å². The zero-order valence-corrected chi connectivity index (χ0v) is 13.9. The lowest BCUT2D eigenvalue weighted by Crippen LogP contribution is -2.11. The van der Waals surface area contributed by atoms with E-state index in [2.05, 4.69) is 20.4 Å². The van der Waals surface area contributed by atoms with Crippen molar-refractivity contribution in [2.24, 2.45) is 12.2 Å². The number of primary sulfonamides is 1. The highest BCUT2D eigenvalue weighted by molar-refractivity contribution is 7.89. The topological polar surface area (TPSA) is 116 Å². The third-order valence-corrected chi connectivity index (χ3v) is 4.32. The highest BCUT2D eigenvalue weighted by Crippen LogP contribution is 2.24. The summed E-state index contributed by atoms with van der Waals surface area (Å²) in [5, 5.41) is 12.3. The van der Waals surface area contributed by atoms with Crippen molar-refractivity contribution in [1.82, 2.24) is 19.7 Å². The molecule has 0 aliphatic rings. The van der Waals surface area contributed by atoms with Crippen LogP contribution in [0.5, 0.6) is 0 Å². The standard InChI is InChI=1S/C15H16N6O2S/c1-10-7-17-15(19-12-8-18-21(2)9-12)20-14(10)11-3-5-13(6-4-11)24(16,22)23/h3-9H,1-2H3,(H2,16,22,23)(H,17,19,20). The number of anilines is 2. The van der Waals surface area contributed by atoms with Crippen molar-refractivity contribution >= 4 is 21.7 Å². The number of hydrogen-bond donors (Lipinski definition) is 2. The average molecular weight is 344 g/mol. The van der Waals surface area contributed by atoms with Crippen molar-refractivity contribution in [3.8, 4) is 11.3 Å². The lowest BCUT2D eigenvalue weighted by Gasteiger charge is -2.08. The fraction of sp³-hybridized carbons (Fsp3) is 0.133. The average Bonchev–Trinajstić information content (AvgIpc) is 2.93. The Kier molecular flexibility index (Phi) is 4.04. The molecule has 24 heavy (non-hydrogen) atoms. The summed E-state index contributed by atoms with van der Waals surface area (Å²) in [7, 11) is -1.89. The molecule has 0 aliphatic carbocycles. The third kappa shape index (κ3) is 3.42. The Morgan fingerprint density at radius 1 is 1.17 bits per heavy atom. The first-order valence-electron chi connectivity index (χ1n) is 7.05. The van der Waals surface area contributed by atoms with Gasteiger partial charge >= 0.3 is 0 Å². The predicted molar refractivity (Wildman–Crippen MR) is 90.1 cm³/mol. The molecule has 3 rings (SSSR count). The number of sulfonamides is 1. The molecule has 8 nitrogen and oxygen atoms in total. The zero-order valence-electron chi connectivity index (χ0n) is 13.1. The van der Waals surface area contributed by atoms with Crippen LogP contribution in [0, 0.1) is 6.92 Å². The van der Waals surface area contributed by atoms with Crippen LogP contribution in [0.3, 0.4) is 0 Å². The third-order valence-electron chi connectivity index (χ3n) is 3.39. The number of nitrogens with two attached hydrogens (primary N) is 1. The molecule has 0 aliphatic heterocycles. The summed E-state index contributed by atoms with van der Waals surface area (Å²) in [6, 6.07) is 6.26. The molecular formula is C15H16N6O2S. The Morgan fingerprint density at radius 3 is 2.46 bits per heavy atom. The molecule has 0 atom stereocenters. The molecule has 0 spiro atoms. The van der Waals surface area contributed by atoms with Crippen LogP contribution >= 0.6 is 0 Å². The largest absolute Gasteiger partial charge is 0.321 e. The molecule has 0 saturated heterocycles. The van der Waals surface area contributed by atoms with Crippen molar-refractivity contribution in [1.29, 1.82) is 0 Å². The van der Waals surface area contributed by atoms with Gasteiger partial charge in [-0.05, 0) is 24.6 Å². The maximum absolute atomic E-state index is 11.3. The van der Waals surface area contributed by atoms with Crippen molar-refractivity contribution in [3.05, 3.63) is 48.4 Å². The number of aromatic nitrogens is 4. The molecule has 9 heteroatoms. The smallest absolute Gasteiger partial charge is 0.238 e. The molecule has 0 radical (unpaired) electrons. The van der Waals surface area contributed by atoms with Gasteiger partial charge in [-0.15, -0.1) is 0 Å². The Balaban J connectivity index is 1.94. The summed E-state index contributed by atoms with van der Waals surface area (Å²) in [6.07, 6.45) is 5.18. The lowest BCUT2D eigenvalue weighted by molar-refractivity contribution is 0.598. The summed E-state index contributed by atoms with van der Waals surface area (Å²) < 4.78 is 24.4.